The SMILES string of the molecule is C=CCCOc1ccccc1[C@@H]1NC(=O)[C@@H]1O[Si](C(C)C)(C(C)C)C(C)C. The number of ether oxygens (including phenoxy) is 1. The van der Waals surface area contributed by atoms with Crippen LogP contribution in [-0.2, 0) is 9.22 Å². The van der Waals surface area contributed by atoms with Gasteiger partial charge in [-0.2, -0.15) is 0 Å². The predicted molar refractivity (Wildman–Crippen MR) is 114 cm³/mol. The first-order valence-electron chi connectivity index (χ1n) is 10.1. The maximum atomic E-state index is 12.5. The monoisotopic (exact) mass is 389 g/mol. The molecule has 0 aliphatic carbocycles. The van der Waals surface area contributed by atoms with E-state index in [1.54, 1.807) is 0 Å². The van der Waals surface area contributed by atoms with Crippen molar-refractivity contribution in [3.63, 3.8) is 0 Å². The van der Waals surface area contributed by atoms with Gasteiger partial charge in [0, 0.05) is 5.56 Å². The molecule has 0 saturated carbocycles. The van der Waals surface area contributed by atoms with Gasteiger partial charge in [0.15, 0.2) is 0 Å². The number of β-lactam (4-membered cyclic amide) rings is 1. The van der Waals surface area contributed by atoms with Crippen LogP contribution in [0.1, 0.15) is 59.6 Å². The molecule has 1 aromatic carbocycles. The smallest absolute Gasteiger partial charge is 0.251 e. The van der Waals surface area contributed by atoms with E-state index in [1.807, 2.05) is 30.3 Å². The zero-order chi connectivity index (χ0) is 20.2. The van der Waals surface area contributed by atoms with Gasteiger partial charge in [-0.1, -0.05) is 65.8 Å². The first-order valence-corrected chi connectivity index (χ1v) is 12.2. The molecule has 1 heterocycles. The van der Waals surface area contributed by atoms with Crippen LogP contribution in [0.2, 0.25) is 16.6 Å². The van der Waals surface area contributed by atoms with Crippen molar-refractivity contribution < 1.29 is 14.0 Å². The van der Waals surface area contributed by atoms with Gasteiger partial charge < -0.3 is 14.5 Å². The van der Waals surface area contributed by atoms with Gasteiger partial charge in [-0.05, 0) is 29.1 Å². The highest BCUT2D eigenvalue weighted by molar-refractivity contribution is 6.77. The number of benzene rings is 1. The summed E-state index contributed by atoms with van der Waals surface area (Å²) in [6, 6.07) is 7.76. The molecule has 5 heteroatoms. The van der Waals surface area contributed by atoms with Gasteiger partial charge in [0.2, 0.25) is 8.32 Å². The topological polar surface area (TPSA) is 47.6 Å². The Balaban J connectivity index is 2.29. The number of rotatable bonds is 10. The third kappa shape index (κ3) is 4.30. The Morgan fingerprint density at radius 1 is 1.11 bits per heavy atom. The molecule has 1 fully saturated rings. The van der Waals surface area contributed by atoms with Crippen LogP contribution < -0.4 is 10.1 Å². The molecule has 0 bridgehead atoms. The summed E-state index contributed by atoms with van der Waals surface area (Å²) < 4.78 is 12.7. The Morgan fingerprint density at radius 3 is 2.22 bits per heavy atom. The van der Waals surface area contributed by atoms with Crippen LogP contribution in [-0.4, -0.2) is 26.9 Å². The summed E-state index contributed by atoms with van der Waals surface area (Å²) in [4.78, 5) is 12.5. The van der Waals surface area contributed by atoms with E-state index < -0.39 is 14.4 Å². The molecule has 0 unspecified atom stereocenters. The fraction of sp³-hybridized carbons (Fsp3) is 0.591. The van der Waals surface area contributed by atoms with Crippen molar-refractivity contribution in [3.05, 3.63) is 42.5 Å². The number of amides is 1. The summed E-state index contributed by atoms with van der Waals surface area (Å²) >= 11 is 0. The summed E-state index contributed by atoms with van der Waals surface area (Å²) in [7, 11) is -2.14. The second-order valence-electron chi connectivity index (χ2n) is 8.31. The molecule has 1 aromatic rings. The van der Waals surface area contributed by atoms with Crippen LogP contribution in [0.3, 0.4) is 0 Å². The molecule has 1 saturated heterocycles. The van der Waals surface area contributed by atoms with Crippen molar-refractivity contribution in [3.8, 4) is 5.75 Å². The lowest BCUT2D eigenvalue weighted by Crippen LogP contribution is -2.63. The van der Waals surface area contributed by atoms with Crippen molar-refractivity contribution in [2.45, 2.75) is 76.7 Å². The van der Waals surface area contributed by atoms with Crippen molar-refractivity contribution >= 4 is 14.2 Å². The molecule has 2 rings (SSSR count). The van der Waals surface area contributed by atoms with Crippen LogP contribution in [0.4, 0.5) is 0 Å². The first kappa shape index (κ1) is 21.7. The van der Waals surface area contributed by atoms with E-state index in [0.717, 1.165) is 17.7 Å². The maximum Gasteiger partial charge on any atom is 0.251 e. The van der Waals surface area contributed by atoms with Crippen molar-refractivity contribution in [2.75, 3.05) is 6.61 Å². The fourth-order valence-electron chi connectivity index (χ4n) is 4.48. The molecule has 1 amide bonds. The standard InChI is InChI=1S/C22H35NO3Si/c1-8-9-14-25-19-13-11-10-12-18(19)20-21(22(24)23-20)26-27(15(2)3,16(4)5)17(6)7/h8,10-13,15-17,20-21H,1,9,14H2,2-7H3,(H,23,24)/t20-,21+/m0/s1. The van der Waals surface area contributed by atoms with Crippen LogP contribution >= 0.6 is 0 Å². The first-order chi connectivity index (χ1) is 12.8. The highest BCUT2D eigenvalue weighted by Crippen LogP contribution is 2.46. The zero-order valence-electron chi connectivity index (χ0n) is 17.6. The minimum atomic E-state index is -2.14. The summed E-state index contributed by atoms with van der Waals surface area (Å²) in [5.74, 6) is 0.795. The largest absolute Gasteiger partial charge is 0.493 e. The number of nitrogens with one attached hydrogen (secondary N) is 1. The molecule has 27 heavy (non-hydrogen) atoms. The van der Waals surface area contributed by atoms with Gasteiger partial charge in [-0.3, -0.25) is 4.79 Å². The maximum absolute atomic E-state index is 12.5. The lowest BCUT2D eigenvalue weighted by Gasteiger charge is -2.48. The molecular formula is C22H35NO3Si. The normalized spacial score (nSPS) is 20.0. The van der Waals surface area contributed by atoms with Gasteiger partial charge in [-0.15, -0.1) is 6.58 Å². The third-order valence-corrected chi connectivity index (χ3v) is 11.8. The van der Waals surface area contributed by atoms with Crippen LogP contribution in [0.15, 0.2) is 36.9 Å². The number of hydrogen-bond acceptors (Lipinski definition) is 3. The van der Waals surface area contributed by atoms with Crippen molar-refractivity contribution in [2.24, 2.45) is 0 Å². The van der Waals surface area contributed by atoms with E-state index in [0.29, 0.717) is 23.2 Å². The molecule has 0 radical (unpaired) electrons. The quantitative estimate of drug-likeness (QED) is 0.253. The van der Waals surface area contributed by atoms with Gasteiger partial charge in [0.1, 0.15) is 11.9 Å². The lowest BCUT2D eigenvalue weighted by molar-refractivity contribution is -0.141. The zero-order valence-corrected chi connectivity index (χ0v) is 18.6. The number of para-hydroxylation sites is 1. The van der Waals surface area contributed by atoms with Crippen molar-refractivity contribution in [1.82, 2.24) is 5.32 Å². The second kappa shape index (κ2) is 9.07. The van der Waals surface area contributed by atoms with Crippen LogP contribution in [0.25, 0.3) is 0 Å². The minimum absolute atomic E-state index is 0.0141. The molecule has 1 aliphatic heterocycles. The molecule has 2 atom stereocenters. The molecule has 1 aliphatic rings. The third-order valence-electron chi connectivity index (χ3n) is 5.73. The molecule has 4 nitrogen and oxygen atoms in total. The highest BCUT2D eigenvalue weighted by Gasteiger charge is 2.52. The van der Waals surface area contributed by atoms with Crippen LogP contribution in [0, 0.1) is 0 Å². The fourth-order valence-corrected chi connectivity index (χ4v) is 9.98. The van der Waals surface area contributed by atoms with E-state index in [2.05, 4.69) is 53.4 Å². The highest BCUT2D eigenvalue weighted by atomic mass is 28.4. The summed E-state index contributed by atoms with van der Waals surface area (Å²) in [5, 5.41) is 3.04. The average molecular weight is 390 g/mol. The Hall–Kier alpha value is -1.59. The van der Waals surface area contributed by atoms with Crippen molar-refractivity contribution in [1.29, 1.82) is 0 Å². The Bertz CT molecular complexity index is 635. The molecule has 1 N–H and O–H groups in total. The van der Waals surface area contributed by atoms with E-state index in [-0.39, 0.29) is 11.9 Å². The second-order valence-corrected chi connectivity index (χ2v) is 13.7. The number of carbonyl (C=O) groups is 1. The van der Waals surface area contributed by atoms with E-state index in [9.17, 15) is 4.79 Å². The Labute approximate surface area is 165 Å². The summed E-state index contributed by atoms with van der Waals surface area (Å²) in [5.41, 5.74) is 2.30. The van der Waals surface area contributed by atoms with E-state index >= 15 is 0 Å². The van der Waals surface area contributed by atoms with E-state index in [4.69, 9.17) is 9.16 Å². The van der Waals surface area contributed by atoms with Gasteiger partial charge >= 0.3 is 0 Å². The van der Waals surface area contributed by atoms with Gasteiger partial charge in [0.05, 0.1) is 12.6 Å². The Kier molecular flexibility index (Phi) is 7.29. The van der Waals surface area contributed by atoms with Gasteiger partial charge in [0.25, 0.3) is 5.91 Å². The number of carbonyl (C=O) groups excluding carboxylic acids is 1. The van der Waals surface area contributed by atoms with Gasteiger partial charge in [-0.25, -0.2) is 0 Å². The molecular weight excluding hydrogens is 354 g/mol. The summed E-state index contributed by atoms with van der Waals surface area (Å²) in [6.07, 6.45) is 2.19. The Morgan fingerprint density at radius 2 is 1.70 bits per heavy atom. The van der Waals surface area contributed by atoms with Crippen LogP contribution in [0.5, 0.6) is 5.75 Å². The minimum Gasteiger partial charge on any atom is -0.493 e. The molecule has 0 spiro atoms. The molecule has 0 aromatic heterocycles. The lowest BCUT2D eigenvalue weighted by atomic mass is 9.93. The molecule has 150 valence electrons. The number of hydrogen-bond donors (Lipinski definition) is 1. The summed E-state index contributed by atoms with van der Waals surface area (Å²) in [6.45, 7) is 17.8. The predicted octanol–water partition coefficient (Wildman–Crippen LogP) is 5.37. The van der Waals surface area contributed by atoms with E-state index in [1.165, 1.54) is 0 Å². The average Bonchev–Trinajstić information content (AvgIpc) is 2.60.